The topological polar surface area (TPSA) is 21.1 Å². The molecule has 0 radical (unpaired) electrons. The van der Waals surface area contributed by atoms with Gasteiger partial charge in [0.1, 0.15) is 0 Å². The molecule has 0 bridgehead atoms. The van der Waals surface area contributed by atoms with Gasteiger partial charge in [0.05, 0.1) is 5.69 Å². The van der Waals surface area contributed by atoms with E-state index in [0.717, 1.165) is 18.8 Å². The molecule has 1 aromatic heterocycles. The summed E-state index contributed by atoms with van der Waals surface area (Å²) in [6.45, 7) is 8.00. The molecule has 86 valence electrons. The van der Waals surface area contributed by atoms with Crippen LogP contribution in [-0.4, -0.2) is 33.6 Å². The van der Waals surface area contributed by atoms with E-state index in [9.17, 15) is 0 Å². The maximum Gasteiger partial charge on any atom is 0.0764 e. The second-order valence-corrected chi connectivity index (χ2v) is 5.10. The molecule has 1 heterocycles. The molecule has 15 heavy (non-hydrogen) atoms. The number of hydrogen-bond donors (Lipinski definition) is 0. The zero-order valence-electron chi connectivity index (χ0n) is 9.94. The lowest BCUT2D eigenvalue weighted by atomic mass is 10.3. The van der Waals surface area contributed by atoms with Gasteiger partial charge in [0, 0.05) is 30.7 Å². The van der Waals surface area contributed by atoms with Crippen molar-refractivity contribution < 1.29 is 0 Å². The molecule has 0 aliphatic heterocycles. The van der Waals surface area contributed by atoms with Crippen LogP contribution in [0.25, 0.3) is 0 Å². The van der Waals surface area contributed by atoms with Gasteiger partial charge in [-0.1, -0.05) is 0 Å². The summed E-state index contributed by atoms with van der Waals surface area (Å²) in [6.07, 6.45) is 2.03. The van der Waals surface area contributed by atoms with E-state index < -0.39 is 0 Å². The Labute approximate surface area is 97.0 Å². The molecule has 0 saturated carbocycles. The lowest BCUT2D eigenvalue weighted by Gasteiger charge is -2.16. The average molecular weight is 230 g/mol. The zero-order chi connectivity index (χ0) is 11.4. The van der Waals surface area contributed by atoms with Gasteiger partial charge in [-0.25, -0.2) is 0 Å². The largest absolute Gasteiger partial charge is 0.299 e. The van der Waals surface area contributed by atoms with E-state index in [4.69, 9.17) is 11.6 Å². The van der Waals surface area contributed by atoms with Crippen molar-refractivity contribution in [1.82, 2.24) is 14.7 Å². The molecule has 0 saturated heterocycles. The predicted molar refractivity (Wildman–Crippen MR) is 64.3 cm³/mol. The molecule has 0 N–H and O–H groups in total. The third kappa shape index (κ3) is 4.22. The van der Waals surface area contributed by atoms with Crippen LogP contribution in [0.15, 0.2) is 12.3 Å². The molecule has 0 aromatic carbocycles. The highest BCUT2D eigenvalue weighted by molar-refractivity contribution is 6.20. The summed E-state index contributed by atoms with van der Waals surface area (Å²) in [6, 6.07) is 2.49. The number of hydrogen-bond acceptors (Lipinski definition) is 2. The predicted octanol–water partition coefficient (Wildman–Crippen LogP) is 2.52. The van der Waals surface area contributed by atoms with Crippen LogP contribution in [0.3, 0.4) is 0 Å². The minimum Gasteiger partial charge on any atom is -0.299 e. The fourth-order valence-corrected chi connectivity index (χ4v) is 1.76. The van der Waals surface area contributed by atoms with Crippen molar-refractivity contribution in [2.24, 2.45) is 0 Å². The first-order valence-corrected chi connectivity index (χ1v) is 5.79. The van der Waals surface area contributed by atoms with Gasteiger partial charge in [0.2, 0.25) is 0 Å². The Hall–Kier alpha value is -0.540. The van der Waals surface area contributed by atoms with Gasteiger partial charge >= 0.3 is 0 Å². The minimum absolute atomic E-state index is 0.183. The van der Waals surface area contributed by atoms with Crippen LogP contribution in [0.5, 0.6) is 0 Å². The van der Waals surface area contributed by atoms with E-state index in [1.807, 2.05) is 17.8 Å². The molecule has 0 amide bonds. The first-order valence-electron chi connectivity index (χ1n) is 5.35. The van der Waals surface area contributed by atoms with Crippen LogP contribution >= 0.6 is 11.6 Å². The first kappa shape index (κ1) is 12.5. The van der Waals surface area contributed by atoms with Gasteiger partial charge in [-0.05, 0) is 33.9 Å². The Morgan fingerprint density at radius 1 is 1.47 bits per heavy atom. The fourth-order valence-electron chi connectivity index (χ4n) is 1.52. The molecule has 1 aromatic rings. The molecule has 3 nitrogen and oxygen atoms in total. The Bertz CT molecular complexity index is 294. The van der Waals surface area contributed by atoms with Crippen molar-refractivity contribution in [2.45, 2.75) is 38.7 Å². The van der Waals surface area contributed by atoms with E-state index in [1.165, 1.54) is 0 Å². The highest BCUT2D eigenvalue weighted by Gasteiger charge is 2.07. The van der Waals surface area contributed by atoms with E-state index in [2.05, 4.69) is 37.0 Å². The Balaban J connectivity index is 2.49. The number of halogens is 1. The summed E-state index contributed by atoms with van der Waals surface area (Å²) in [5.74, 6) is 0. The van der Waals surface area contributed by atoms with Crippen LogP contribution in [-0.2, 0) is 6.54 Å². The van der Waals surface area contributed by atoms with Crippen molar-refractivity contribution in [1.29, 1.82) is 0 Å². The minimum atomic E-state index is 0.183. The Morgan fingerprint density at radius 2 is 2.13 bits per heavy atom. The molecule has 0 spiro atoms. The third-order valence-electron chi connectivity index (χ3n) is 2.19. The quantitative estimate of drug-likeness (QED) is 0.724. The van der Waals surface area contributed by atoms with Crippen molar-refractivity contribution in [2.75, 3.05) is 13.6 Å². The van der Waals surface area contributed by atoms with Gasteiger partial charge < -0.3 is 0 Å². The SMILES string of the molecule is CC(Cl)CN(C)Cc1ccn(C(C)C)n1. The lowest BCUT2D eigenvalue weighted by molar-refractivity contribution is 0.323. The number of nitrogens with zero attached hydrogens (tertiary/aromatic N) is 3. The molecule has 0 aliphatic carbocycles. The van der Waals surface area contributed by atoms with E-state index in [0.29, 0.717) is 6.04 Å². The standard InChI is InChI=1S/C11H20ClN3/c1-9(2)15-6-5-11(13-15)8-14(4)7-10(3)12/h5-6,9-10H,7-8H2,1-4H3. The monoisotopic (exact) mass is 229 g/mol. The molecular weight excluding hydrogens is 210 g/mol. The van der Waals surface area contributed by atoms with Gasteiger partial charge in [-0.15, -0.1) is 11.6 Å². The van der Waals surface area contributed by atoms with Crippen molar-refractivity contribution in [3.05, 3.63) is 18.0 Å². The van der Waals surface area contributed by atoms with Gasteiger partial charge in [-0.3, -0.25) is 9.58 Å². The molecule has 4 heteroatoms. The normalized spacial score (nSPS) is 13.8. The number of alkyl halides is 1. The van der Waals surface area contributed by atoms with Gasteiger partial charge in [-0.2, -0.15) is 5.10 Å². The van der Waals surface area contributed by atoms with E-state index in [1.54, 1.807) is 0 Å². The molecule has 1 rings (SSSR count). The summed E-state index contributed by atoms with van der Waals surface area (Å²) < 4.78 is 1.98. The van der Waals surface area contributed by atoms with Crippen molar-refractivity contribution in [3.8, 4) is 0 Å². The van der Waals surface area contributed by atoms with Crippen LogP contribution < -0.4 is 0 Å². The summed E-state index contributed by atoms with van der Waals surface area (Å²) in [5.41, 5.74) is 1.10. The van der Waals surface area contributed by atoms with Crippen LogP contribution in [0.1, 0.15) is 32.5 Å². The van der Waals surface area contributed by atoms with Crippen LogP contribution in [0.4, 0.5) is 0 Å². The van der Waals surface area contributed by atoms with Crippen molar-refractivity contribution >= 4 is 11.6 Å². The maximum atomic E-state index is 5.93. The van der Waals surface area contributed by atoms with Gasteiger partial charge in [0.15, 0.2) is 0 Å². The smallest absolute Gasteiger partial charge is 0.0764 e. The fraction of sp³-hybridized carbons (Fsp3) is 0.727. The zero-order valence-corrected chi connectivity index (χ0v) is 10.7. The maximum absolute atomic E-state index is 5.93. The second-order valence-electron chi connectivity index (χ2n) is 4.36. The first-order chi connectivity index (χ1) is 6.99. The number of aromatic nitrogens is 2. The third-order valence-corrected chi connectivity index (χ3v) is 2.33. The highest BCUT2D eigenvalue weighted by Crippen LogP contribution is 2.07. The van der Waals surface area contributed by atoms with E-state index in [-0.39, 0.29) is 5.38 Å². The molecule has 1 atom stereocenters. The Kier molecular flexibility index (Phi) is 4.61. The summed E-state index contributed by atoms with van der Waals surface area (Å²) in [5, 5.41) is 4.67. The molecule has 0 fully saturated rings. The average Bonchev–Trinajstić information content (AvgIpc) is 2.50. The summed E-state index contributed by atoms with van der Waals surface area (Å²) in [4.78, 5) is 2.19. The lowest BCUT2D eigenvalue weighted by Crippen LogP contribution is -2.24. The Morgan fingerprint density at radius 3 is 2.60 bits per heavy atom. The molecule has 0 aliphatic rings. The molecule has 1 unspecified atom stereocenters. The van der Waals surface area contributed by atoms with Crippen LogP contribution in [0, 0.1) is 0 Å². The van der Waals surface area contributed by atoms with E-state index >= 15 is 0 Å². The number of rotatable bonds is 5. The molecular formula is C11H20ClN3. The summed E-state index contributed by atoms with van der Waals surface area (Å²) in [7, 11) is 2.06. The van der Waals surface area contributed by atoms with Crippen LogP contribution in [0.2, 0.25) is 0 Å². The highest BCUT2D eigenvalue weighted by atomic mass is 35.5. The van der Waals surface area contributed by atoms with Gasteiger partial charge in [0.25, 0.3) is 0 Å². The van der Waals surface area contributed by atoms with Crippen molar-refractivity contribution in [3.63, 3.8) is 0 Å². The summed E-state index contributed by atoms with van der Waals surface area (Å²) >= 11 is 5.93. The second kappa shape index (κ2) is 5.52.